The number of thioether (sulfide) groups is 1. The summed E-state index contributed by atoms with van der Waals surface area (Å²) in [6.07, 6.45) is 4.34. The maximum Gasteiger partial charge on any atom is 0.481 e. The second kappa shape index (κ2) is 26.0. The number of fused-ring (bicyclic) bond motifs is 1. The number of aliphatic hydroxyl groups is 3. The van der Waals surface area contributed by atoms with Gasteiger partial charge in [-0.15, -0.1) is 0 Å². The highest BCUT2D eigenvalue weighted by Crippen LogP contribution is 2.61. The highest BCUT2D eigenvalue weighted by atomic mass is 32.2. The van der Waals surface area contributed by atoms with Gasteiger partial charge in [-0.25, -0.2) is 28.6 Å². The number of nitrogens with zero attached hydrogens (tertiary/aromatic N) is 4. The van der Waals surface area contributed by atoms with Crippen LogP contribution >= 0.6 is 35.2 Å². The van der Waals surface area contributed by atoms with Crippen molar-refractivity contribution in [2.24, 2.45) is 5.41 Å². The molecule has 25 nitrogen and oxygen atoms in total. The highest BCUT2D eigenvalue weighted by molar-refractivity contribution is 8.13. The largest absolute Gasteiger partial charge is 0.481 e. The van der Waals surface area contributed by atoms with Crippen molar-refractivity contribution in [3.63, 3.8) is 0 Å². The number of nitrogens with two attached hydrogens (primary N) is 1. The van der Waals surface area contributed by atoms with E-state index in [4.69, 9.17) is 19.5 Å². The Morgan fingerprint density at radius 1 is 0.969 bits per heavy atom. The SMILES string of the molecule is C/C=C/CC(O)CCCCCCCCC(=O)SCCNC(=O)CCNC(=O)C(O)C(C)(C)COP(=O)(O)OP(=O)(O)OCC1OC(n2cnc3c(N)ncnc32)C(O)C1OP(=O)(O)O. The van der Waals surface area contributed by atoms with Gasteiger partial charge in [0.15, 0.2) is 22.8 Å². The Bertz CT molecular complexity index is 2010. The topological polar surface area (TPSA) is 384 Å². The summed E-state index contributed by atoms with van der Waals surface area (Å²) in [6.45, 7) is 2.43. The zero-order valence-corrected chi connectivity index (χ0v) is 39.1. The van der Waals surface area contributed by atoms with Crippen LogP contribution in [0.25, 0.3) is 11.2 Å². The molecule has 2 amide bonds. The Hall–Kier alpha value is -2.74. The monoisotopic (exact) mass is 991 g/mol. The summed E-state index contributed by atoms with van der Waals surface area (Å²) < 4.78 is 62.3. The Balaban J connectivity index is 1.35. The average Bonchev–Trinajstić information content (AvgIpc) is 3.77. The number of hydrogen-bond donors (Lipinski definition) is 10. The zero-order chi connectivity index (χ0) is 47.7. The molecular weight excluding hydrogens is 931 g/mol. The number of nitrogen functional groups attached to an aromatic ring is 1. The van der Waals surface area contributed by atoms with Crippen LogP contribution in [0.2, 0.25) is 0 Å². The molecule has 29 heteroatoms. The first-order valence-corrected chi connectivity index (χ1v) is 25.8. The molecule has 0 saturated carbocycles. The third-order valence-electron chi connectivity index (χ3n) is 9.58. The van der Waals surface area contributed by atoms with Crippen molar-refractivity contribution in [2.75, 3.05) is 37.8 Å². The number of imidazole rings is 1. The van der Waals surface area contributed by atoms with Gasteiger partial charge in [0, 0.05) is 37.1 Å². The standard InChI is InChI=1S/C35H60N7O18P3S/c1-4-5-12-23(43)13-10-8-6-7-9-11-14-26(45)64-18-17-37-25(44)15-16-38-33(48)30(47)35(2,3)20-57-63(54,55)60-62(52,53)56-19-24-29(59-61(49,50)51)28(46)34(58-24)42-22-41-27-31(36)39-21-40-32(27)42/h4-5,21-24,28-30,34,43,46-47H,6-20H2,1-3H3,(H,37,44)(H,38,48)(H,52,53)(H,54,55)(H2,36,39,40)(H2,49,50,51)/b5-4+. The molecule has 0 aliphatic carbocycles. The smallest absolute Gasteiger partial charge is 0.393 e. The van der Waals surface area contributed by atoms with E-state index in [9.17, 15) is 63.0 Å². The van der Waals surface area contributed by atoms with Crippen molar-refractivity contribution in [3.05, 3.63) is 24.8 Å². The molecule has 364 valence electrons. The maximum absolute atomic E-state index is 12.7. The third kappa shape index (κ3) is 19.2. The van der Waals surface area contributed by atoms with Crippen molar-refractivity contribution in [3.8, 4) is 0 Å². The van der Waals surface area contributed by atoms with E-state index in [0.717, 1.165) is 73.9 Å². The van der Waals surface area contributed by atoms with E-state index in [0.29, 0.717) is 18.6 Å². The van der Waals surface area contributed by atoms with Crippen LogP contribution in [-0.4, -0.2) is 134 Å². The number of hydrogen-bond acceptors (Lipinski definition) is 19. The summed E-state index contributed by atoms with van der Waals surface area (Å²) in [7, 11) is -16.4. The third-order valence-corrected chi connectivity index (χ3v) is 13.6. The first-order valence-electron chi connectivity index (χ1n) is 20.3. The van der Waals surface area contributed by atoms with Crippen molar-refractivity contribution in [1.82, 2.24) is 30.2 Å². The number of anilines is 1. The van der Waals surface area contributed by atoms with Crippen molar-refractivity contribution in [1.29, 1.82) is 0 Å². The van der Waals surface area contributed by atoms with Crippen LogP contribution < -0.4 is 16.4 Å². The highest BCUT2D eigenvalue weighted by Gasteiger charge is 2.50. The fourth-order valence-corrected chi connectivity index (χ4v) is 9.68. The Labute approximate surface area is 373 Å². The molecule has 3 rings (SSSR count). The molecule has 11 N–H and O–H groups in total. The predicted octanol–water partition coefficient (Wildman–Crippen LogP) is 2.11. The molecule has 0 bridgehead atoms. The van der Waals surface area contributed by atoms with E-state index in [-0.39, 0.29) is 47.7 Å². The van der Waals surface area contributed by atoms with Gasteiger partial charge >= 0.3 is 23.5 Å². The van der Waals surface area contributed by atoms with Gasteiger partial charge in [0.1, 0.15) is 36.3 Å². The second-order valence-corrected chi connectivity index (χ2v) is 20.8. The maximum atomic E-state index is 12.7. The van der Waals surface area contributed by atoms with Crippen LogP contribution in [0.5, 0.6) is 0 Å². The lowest BCUT2D eigenvalue weighted by molar-refractivity contribution is -0.137. The molecule has 8 unspecified atom stereocenters. The van der Waals surface area contributed by atoms with Crippen molar-refractivity contribution >= 4 is 69.1 Å². The molecule has 1 saturated heterocycles. The summed E-state index contributed by atoms with van der Waals surface area (Å²) >= 11 is 1.12. The molecular formula is C35H60N7O18P3S. The van der Waals surface area contributed by atoms with E-state index in [2.05, 4.69) is 34.4 Å². The molecule has 3 heterocycles. The minimum Gasteiger partial charge on any atom is -0.393 e. The number of allylic oxidation sites excluding steroid dienone is 1. The number of amides is 2. The second-order valence-electron chi connectivity index (χ2n) is 15.4. The van der Waals surface area contributed by atoms with Gasteiger partial charge in [0.05, 0.1) is 25.6 Å². The van der Waals surface area contributed by atoms with E-state index < -0.39 is 84.6 Å². The van der Waals surface area contributed by atoms with Gasteiger partial charge in [-0.3, -0.25) is 32.5 Å². The van der Waals surface area contributed by atoms with Crippen LogP contribution in [0.15, 0.2) is 24.8 Å². The zero-order valence-electron chi connectivity index (χ0n) is 35.6. The van der Waals surface area contributed by atoms with E-state index in [1.807, 2.05) is 19.1 Å². The molecule has 0 aromatic carbocycles. The molecule has 64 heavy (non-hydrogen) atoms. The Kier molecular flexibility index (Phi) is 22.6. The molecule has 0 radical (unpaired) electrons. The van der Waals surface area contributed by atoms with Gasteiger partial charge in [0.25, 0.3) is 0 Å². The lowest BCUT2D eigenvalue weighted by Gasteiger charge is -2.30. The summed E-state index contributed by atoms with van der Waals surface area (Å²) in [5.41, 5.74) is 4.26. The molecule has 1 fully saturated rings. The normalized spacial score (nSPS) is 21.1. The van der Waals surface area contributed by atoms with E-state index in [1.54, 1.807) is 0 Å². The quantitative estimate of drug-likeness (QED) is 0.0304. The van der Waals surface area contributed by atoms with E-state index >= 15 is 0 Å². The van der Waals surface area contributed by atoms with Gasteiger partial charge in [-0.2, -0.15) is 4.31 Å². The molecule has 0 spiro atoms. The molecule has 2 aromatic rings. The summed E-state index contributed by atoms with van der Waals surface area (Å²) in [5, 5.41) is 36.4. The number of phosphoric ester groups is 3. The number of phosphoric acid groups is 3. The van der Waals surface area contributed by atoms with E-state index in [1.165, 1.54) is 13.8 Å². The van der Waals surface area contributed by atoms with Gasteiger partial charge in [-0.05, 0) is 26.2 Å². The lowest BCUT2D eigenvalue weighted by Crippen LogP contribution is -2.46. The lowest BCUT2D eigenvalue weighted by atomic mass is 9.87. The average molecular weight is 992 g/mol. The number of aliphatic hydroxyl groups excluding tert-OH is 3. The Morgan fingerprint density at radius 2 is 1.64 bits per heavy atom. The fourth-order valence-electron chi connectivity index (χ4n) is 6.13. The van der Waals surface area contributed by atoms with Gasteiger partial charge in [0.2, 0.25) is 11.8 Å². The number of rotatable bonds is 30. The van der Waals surface area contributed by atoms with Crippen molar-refractivity contribution in [2.45, 2.75) is 122 Å². The summed E-state index contributed by atoms with van der Waals surface area (Å²) in [4.78, 5) is 88.1. The number of carbonyl (C=O) groups is 3. The first-order chi connectivity index (χ1) is 29.9. The van der Waals surface area contributed by atoms with Crippen LogP contribution in [0.3, 0.4) is 0 Å². The molecule has 2 aromatic heterocycles. The fraction of sp³-hybridized carbons (Fsp3) is 0.714. The van der Waals surface area contributed by atoms with Crippen molar-refractivity contribution < 1.29 is 85.6 Å². The minimum absolute atomic E-state index is 0.0262. The summed E-state index contributed by atoms with van der Waals surface area (Å²) in [5.74, 6) is -1.09. The molecule has 1 aliphatic rings. The number of unbranched alkanes of at least 4 members (excludes halogenated alkanes) is 5. The number of aromatic nitrogens is 4. The Morgan fingerprint density at radius 3 is 2.33 bits per heavy atom. The van der Waals surface area contributed by atoms with Crippen LogP contribution in [0, 0.1) is 5.41 Å². The first kappa shape index (κ1) is 55.6. The van der Waals surface area contributed by atoms with Crippen LogP contribution in [0.4, 0.5) is 5.82 Å². The predicted molar refractivity (Wildman–Crippen MR) is 229 cm³/mol. The van der Waals surface area contributed by atoms with Crippen LogP contribution in [-0.2, 0) is 50.7 Å². The number of carbonyl (C=O) groups excluding carboxylic acids is 3. The minimum atomic E-state index is -5.58. The number of nitrogens with one attached hydrogen (secondary N) is 2. The molecule has 1 aliphatic heterocycles. The number of ether oxygens (including phenoxy) is 1. The molecule has 8 atom stereocenters. The summed E-state index contributed by atoms with van der Waals surface area (Å²) in [6, 6.07) is 0. The van der Waals surface area contributed by atoms with Crippen LogP contribution in [0.1, 0.15) is 91.2 Å². The van der Waals surface area contributed by atoms with Gasteiger partial charge < -0.3 is 56.0 Å². The van der Waals surface area contributed by atoms with Gasteiger partial charge in [-0.1, -0.05) is 69.9 Å².